The third-order valence-corrected chi connectivity index (χ3v) is 3.06. The summed E-state index contributed by atoms with van der Waals surface area (Å²) in [5.74, 6) is -0.879. The fourth-order valence-corrected chi connectivity index (χ4v) is 2.18. The Morgan fingerprint density at radius 3 is 2.17 bits per heavy atom. The maximum atomic E-state index is 10.8. The van der Waals surface area contributed by atoms with E-state index in [1.54, 1.807) is 0 Å². The average Bonchev–Trinajstić information content (AvgIpc) is 2.61. The van der Waals surface area contributed by atoms with E-state index in [1.807, 2.05) is 0 Å². The molecule has 0 spiro atoms. The maximum Gasteiger partial charge on any atom is 0.336 e. The number of aliphatic carboxylic acids is 1. The summed E-state index contributed by atoms with van der Waals surface area (Å²) in [5, 5.41) is 17.9. The lowest BCUT2D eigenvalue weighted by Crippen LogP contribution is -2.35. The fourth-order valence-electron chi connectivity index (χ4n) is 2.18. The summed E-state index contributed by atoms with van der Waals surface area (Å²) in [5.41, 5.74) is -1.50. The van der Waals surface area contributed by atoms with Crippen molar-refractivity contribution >= 4 is 5.97 Å². The fraction of sp³-hybridized carbons (Fsp3) is 0.875. The summed E-state index contributed by atoms with van der Waals surface area (Å²) >= 11 is 0. The Bertz CT molecular complexity index is 215. The van der Waals surface area contributed by atoms with E-state index in [0.29, 0.717) is 25.7 Å². The van der Waals surface area contributed by atoms with Crippen LogP contribution in [-0.4, -0.2) is 34.0 Å². The second-order valence-corrected chi connectivity index (χ2v) is 3.74. The van der Waals surface area contributed by atoms with Crippen LogP contribution in [0.2, 0.25) is 0 Å². The van der Waals surface area contributed by atoms with Gasteiger partial charge in [0.05, 0.1) is 12.2 Å². The zero-order valence-electron chi connectivity index (χ0n) is 6.75. The molecule has 0 aromatic heterocycles. The number of hydrogen-bond donors (Lipinski definition) is 2. The Labute approximate surface area is 70.1 Å². The highest BCUT2D eigenvalue weighted by atomic mass is 16.6. The van der Waals surface area contributed by atoms with Gasteiger partial charge in [0.2, 0.25) is 0 Å². The van der Waals surface area contributed by atoms with E-state index >= 15 is 0 Å². The van der Waals surface area contributed by atoms with E-state index in [-0.39, 0.29) is 6.61 Å². The minimum atomic E-state index is -0.970. The molecule has 2 heterocycles. The van der Waals surface area contributed by atoms with Gasteiger partial charge in [-0.25, -0.2) is 4.79 Å². The van der Waals surface area contributed by atoms with Crippen molar-refractivity contribution in [3.8, 4) is 0 Å². The molecule has 0 aromatic carbocycles. The van der Waals surface area contributed by atoms with E-state index in [9.17, 15) is 4.79 Å². The molecule has 4 heteroatoms. The topological polar surface area (TPSA) is 66.8 Å². The zero-order valence-corrected chi connectivity index (χ0v) is 6.75. The lowest BCUT2D eigenvalue weighted by atomic mass is 9.82. The van der Waals surface area contributed by atoms with Crippen molar-refractivity contribution in [1.82, 2.24) is 0 Å². The highest BCUT2D eigenvalue weighted by Crippen LogP contribution is 2.50. The average molecular weight is 172 g/mol. The van der Waals surface area contributed by atoms with Crippen molar-refractivity contribution in [2.45, 2.75) is 36.9 Å². The molecule has 4 nitrogen and oxygen atoms in total. The summed E-state index contributed by atoms with van der Waals surface area (Å²) in [6, 6.07) is 0. The van der Waals surface area contributed by atoms with Gasteiger partial charge in [0.15, 0.2) is 5.60 Å². The Morgan fingerprint density at radius 2 is 1.92 bits per heavy atom. The van der Waals surface area contributed by atoms with Crippen molar-refractivity contribution < 1.29 is 19.7 Å². The first-order chi connectivity index (χ1) is 5.63. The first-order valence-electron chi connectivity index (χ1n) is 4.17. The van der Waals surface area contributed by atoms with Crippen molar-refractivity contribution in [1.29, 1.82) is 0 Å². The van der Waals surface area contributed by atoms with Crippen LogP contribution in [0.15, 0.2) is 0 Å². The third kappa shape index (κ3) is 0.820. The summed E-state index contributed by atoms with van der Waals surface area (Å²) in [6.07, 6.45) is 2.44. The lowest BCUT2D eigenvalue weighted by molar-refractivity contribution is -0.164. The number of carboxylic acid groups (broad SMARTS) is 1. The number of carboxylic acids is 1. The smallest absolute Gasteiger partial charge is 0.336 e. The predicted octanol–water partition coefficient (Wildman–Crippen LogP) is 0.145. The van der Waals surface area contributed by atoms with Gasteiger partial charge in [0, 0.05) is 0 Å². The molecular weight excluding hydrogens is 160 g/mol. The number of hydrogen-bond acceptors (Lipinski definition) is 3. The van der Waals surface area contributed by atoms with Gasteiger partial charge in [0.25, 0.3) is 0 Å². The molecule has 0 radical (unpaired) electrons. The molecular formula is C8H12O4. The molecule has 2 saturated heterocycles. The number of ether oxygens (including phenoxy) is 1. The van der Waals surface area contributed by atoms with Crippen LogP contribution in [0.3, 0.4) is 0 Å². The first-order valence-corrected chi connectivity index (χ1v) is 4.17. The van der Waals surface area contributed by atoms with Crippen LogP contribution in [0.5, 0.6) is 0 Å². The Kier molecular flexibility index (Phi) is 1.47. The number of aliphatic hydroxyl groups excluding tert-OH is 1. The largest absolute Gasteiger partial charge is 0.479 e. The van der Waals surface area contributed by atoms with Gasteiger partial charge in [-0.1, -0.05) is 0 Å². The molecule has 12 heavy (non-hydrogen) atoms. The molecule has 68 valence electrons. The molecule has 2 rings (SSSR count). The van der Waals surface area contributed by atoms with Gasteiger partial charge in [-0.05, 0) is 25.7 Å². The van der Waals surface area contributed by atoms with Crippen molar-refractivity contribution in [3.63, 3.8) is 0 Å². The first kappa shape index (κ1) is 8.01. The number of rotatable bonds is 2. The number of carbonyl (C=O) groups is 1. The Balaban J connectivity index is 2.23. The minimum Gasteiger partial charge on any atom is -0.479 e. The number of fused-ring (bicyclic) bond motifs is 2. The quantitative estimate of drug-likeness (QED) is 0.622. The lowest BCUT2D eigenvalue weighted by Gasteiger charge is -2.20. The highest BCUT2D eigenvalue weighted by molar-refractivity contribution is 5.78. The van der Waals surface area contributed by atoms with Gasteiger partial charge in [-0.15, -0.1) is 0 Å². The Hall–Kier alpha value is -0.610. The van der Waals surface area contributed by atoms with E-state index < -0.39 is 17.2 Å². The molecule has 0 atom stereocenters. The van der Waals surface area contributed by atoms with Gasteiger partial charge in [-0.3, -0.25) is 0 Å². The zero-order chi connectivity index (χ0) is 8.82. The molecule has 0 aromatic rings. The van der Waals surface area contributed by atoms with E-state index in [0.717, 1.165) is 0 Å². The van der Waals surface area contributed by atoms with E-state index in [4.69, 9.17) is 14.9 Å². The van der Waals surface area contributed by atoms with Crippen LogP contribution in [0.25, 0.3) is 0 Å². The van der Waals surface area contributed by atoms with Gasteiger partial charge < -0.3 is 14.9 Å². The Morgan fingerprint density at radius 1 is 1.33 bits per heavy atom. The van der Waals surface area contributed by atoms with Crippen molar-refractivity contribution in [2.24, 2.45) is 0 Å². The van der Waals surface area contributed by atoms with Gasteiger partial charge in [-0.2, -0.15) is 0 Å². The standard InChI is InChI=1S/C8H12O4/c9-5-7-1-3-8(12-7,4-2-7)6(10)11/h9H,1-5H2,(H,10,11). The maximum absolute atomic E-state index is 10.8. The summed E-state index contributed by atoms with van der Waals surface area (Å²) in [4.78, 5) is 10.8. The summed E-state index contributed by atoms with van der Waals surface area (Å²) in [6.45, 7) is -0.0535. The molecule has 2 bridgehead atoms. The molecule has 0 saturated carbocycles. The van der Waals surface area contributed by atoms with Crippen LogP contribution < -0.4 is 0 Å². The van der Waals surface area contributed by atoms with Crippen LogP contribution in [0, 0.1) is 0 Å². The second kappa shape index (κ2) is 2.20. The summed E-state index contributed by atoms with van der Waals surface area (Å²) in [7, 11) is 0. The molecule has 0 unspecified atom stereocenters. The molecule has 0 amide bonds. The van der Waals surface area contributed by atoms with Gasteiger partial charge >= 0.3 is 5.97 Å². The normalized spacial score (nSPS) is 45.1. The van der Waals surface area contributed by atoms with Crippen LogP contribution in [-0.2, 0) is 9.53 Å². The van der Waals surface area contributed by atoms with Crippen molar-refractivity contribution in [3.05, 3.63) is 0 Å². The molecule has 2 aliphatic heterocycles. The minimum absolute atomic E-state index is 0.0535. The van der Waals surface area contributed by atoms with E-state index in [1.165, 1.54) is 0 Å². The van der Waals surface area contributed by atoms with Crippen molar-refractivity contribution in [2.75, 3.05) is 6.61 Å². The molecule has 2 N–H and O–H groups in total. The number of aliphatic hydroxyl groups is 1. The van der Waals surface area contributed by atoms with Gasteiger partial charge in [0.1, 0.15) is 0 Å². The second-order valence-electron chi connectivity index (χ2n) is 3.74. The van der Waals surface area contributed by atoms with Crippen LogP contribution >= 0.6 is 0 Å². The SMILES string of the molecule is O=C(O)C12CCC(CO)(CC1)O2. The molecule has 0 aliphatic carbocycles. The van der Waals surface area contributed by atoms with E-state index in [2.05, 4.69) is 0 Å². The summed E-state index contributed by atoms with van der Waals surface area (Å²) < 4.78 is 5.41. The predicted molar refractivity (Wildman–Crippen MR) is 39.7 cm³/mol. The van der Waals surface area contributed by atoms with Crippen LogP contribution in [0.4, 0.5) is 0 Å². The molecule has 2 aliphatic rings. The third-order valence-electron chi connectivity index (χ3n) is 3.06. The monoisotopic (exact) mass is 172 g/mol. The highest BCUT2D eigenvalue weighted by Gasteiger charge is 2.59. The molecule has 2 fully saturated rings. The van der Waals surface area contributed by atoms with Crippen LogP contribution in [0.1, 0.15) is 25.7 Å².